The van der Waals surface area contributed by atoms with Crippen LogP contribution in [0.25, 0.3) is 0 Å². The van der Waals surface area contributed by atoms with Crippen LogP contribution in [0.15, 0.2) is 48.2 Å². The van der Waals surface area contributed by atoms with E-state index < -0.39 is 12.3 Å². The molecule has 1 unspecified atom stereocenters. The normalized spacial score (nSPS) is 17.3. The third-order valence-corrected chi connectivity index (χ3v) is 4.07. The molecule has 1 heterocycles. The number of rotatable bonds is 5. The van der Waals surface area contributed by atoms with Gasteiger partial charge in [-0.15, -0.1) is 0 Å². The summed E-state index contributed by atoms with van der Waals surface area (Å²) in [6, 6.07) is 9.37. The molecule has 0 saturated carbocycles. The van der Waals surface area contributed by atoms with Crippen LogP contribution in [0.1, 0.15) is 33.2 Å². The van der Waals surface area contributed by atoms with Gasteiger partial charge in [-0.25, -0.2) is 4.79 Å². The Hall–Kier alpha value is -3.32. The van der Waals surface area contributed by atoms with Crippen molar-refractivity contribution in [2.24, 2.45) is 0 Å². The SMILES string of the molecule is CCOC1Oc2ccc(C)cc2C(=O)/C1=C\Nc1ccc(C(=O)O)c(O)c1. The Morgan fingerprint density at radius 2 is 2.07 bits per heavy atom. The summed E-state index contributed by atoms with van der Waals surface area (Å²) in [5.74, 6) is -1.36. The number of hydrogen-bond acceptors (Lipinski definition) is 6. The fourth-order valence-corrected chi connectivity index (χ4v) is 2.74. The van der Waals surface area contributed by atoms with Crippen molar-refractivity contribution < 1.29 is 29.3 Å². The van der Waals surface area contributed by atoms with Crippen molar-refractivity contribution in [3.05, 3.63) is 64.9 Å². The molecule has 0 fully saturated rings. The Balaban J connectivity index is 1.91. The lowest BCUT2D eigenvalue weighted by atomic mass is 9.98. The Morgan fingerprint density at radius 1 is 1.30 bits per heavy atom. The minimum absolute atomic E-state index is 0.207. The predicted octanol–water partition coefficient (Wildman–Crippen LogP) is 3.33. The van der Waals surface area contributed by atoms with Crippen LogP contribution in [0.5, 0.6) is 11.5 Å². The lowest BCUT2D eigenvalue weighted by molar-refractivity contribution is -0.0509. The maximum absolute atomic E-state index is 12.9. The van der Waals surface area contributed by atoms with Crippen LogP contribution in [-0.2, 0) is 4.74 Å². The highest BCUT2D eigenvalue weighted by atomic mass is 16.7. The van der Waals surface area contributed by atoms with Crippen LogP contribution in [0, 0.1) is 6.92 Å². The van der Waals surface area contributed by atoms with Gasteiger partial charge in [0.2, 0.25) is 6.29 Å². The van der Waals surface area contributed by atoms with Gasteiger partial charge in [-0.3, -0.25) is 4.79 Å². The van der Waals surface area contributed by atoms with E-state index in [4.69, 9.17) is 14.6 Å². The summed E-state index contributed by atoms with van der Waals surface area (Å²) in [5.41, 5.74) is 1.87. The Morgan fingerprint density at radius 3 is 2.74 bits per heavy atom. The van der Waals surface area contributed by atoms with Crippen LogP contribution in [0.3, 0.4) is 0 Å². The second-order valence-electron chi connectivity index (χ2n) is 6.01. The minimum atomic E-state index is -1.23. The summed E-state index contributed by atoms with van der Waals surface area (Å²) in [6.45, 7) is 4.04. The summed E-state index contributed by atoms with van der Waals surface area (Å²) in [7, 11) is 0. The zero-order valence-corrected chi connectivity index (χ0v) is 14.9. The summed E-state index contributed by atoms with van der Waals surface area (Å²) in [6.07, 6.45) is 0.584. The maximum atomic E-state index is 12.9. The van der Waals surface area contributed by atoms with E-state index in [2.05, 4.69) is 5.32 Å². The van der Waals surface area contributed by atoms with Gasteiger partial charge < -0.3 is 25.0 Å². The molecule has 1 atom stereocenters. The molecule has 0 spiro atoms. The van der Waals surface area contributed by atoms with Crippen molar-refractivity contribution in [1.29, 1.82) is 0 Å². The van der Waals surface area contributed by atoms with Gasteiger partial charge in [-0.05, 0) is 38.1 Å². The highest BCUT2D eigenvalue weighted by molar-refractivity contribution is 6.12. The Kier molecular flexibility index (Phi) is 5.14. The summed E-state index contributed by atoms with van der Waals surface area (Å²) < 4.78 is 11.3. The summed E-state index contributed by atoms with van der Waals surface area (Å²) >= 11 is 0. The number of aryl methyl sites for hydroxylation is 1. The van der Waals surface area contributed by atoms with E-state index >= 15 is 0 Å². The minimum Gasteiger partial charge on any atom is -0.507 e. The molecular weight excluding hydrogens is 350 g/mol. The molecule has 1 aliphatic heterocycles. The number of carboxylic acid groups (broad SMARTS) is 1. The van der Waals surface area contributed by atoms with Crippen molar-refractivity contribution in [3.63, 3.8) is 0 Å². The predicted molar refractivity (Wildman–Crippen MR) is 98.3 cm³/mol. The number of benzene rings is 2. The standard InChI is InChI=1S/C20H19NO6/c1-3-26-20-15(18(23)14-8-11(2)4-7-17(14)27-20)10-21-12-5-6-13(19(24)25)16(22)9-12/h4-10,20-22H,3H2,1-2H3,(H,24,25)/b15-10+. The molecule has 0 amide bonds. The topological polar surface area (TPSA) is 105 Å². The molecule has 2 aromatic carbocycles. The van der Waals surface area contributed by atoms with Crippen molar-refractivity contribution >= 4 is 17.4 Å². The number of phenols is 1. The van der Waals surface area contributed by atoms with Gasteiger partial charge in [0.15, 0.2) is 5.78 Å². The third kappa shape index (κ3) is 3.78. The first-order valence-corrected chi connectivity index (χ1v) is 8.37. The average Bonchev–Trinajstić information content (AvgIpc) is 2.62. The largest absolute Gasteiger partial charge is 0.507 e. The lowest BCUT2D eigenvalue weighted by Gasteiger charge is -2.27. The number of anilines is 1. The molecule has 0 aliphatic carbocycles. The summed E-state index contributed by atoms with van der Waals surface area (Å²) in [5, 5.41) is 21.6. The molecule has 3 N–H and O–H groups in total. The fourth-order valence-electron chi connectivity index (χ4n) is 2.74. The highest BCUT2D eigenvalue weighted by Crippen LogP contribution is 2.32. The first kappa shape index (κ1) is 18.5. The van der Waals surface area contributed by atoms with E-state index in [9.17, 15) is 14.7 Å². The van der Waals surface area contributed by atoms with Crippen LogP contribution in [-0.4, -0.2) is 34.9 Å². The number of carboxylic acids is 1. The number of nitrogens with one attached hydrogen (secondary N) is 1. The second kappa shape index (κ2) is 7.51. The fraction of sp³-hybridized carbons (Fsp3) is 0.200. The maximum Gasteiger partial charge on any atom is 0.339 e. The molecule has 0 aromatic heterocycles. The van der Waals surface area contributed by atoms with Gasteiger partial charge in [0.05, 0.1) is 11.1 Å². The summed E-state index contributed by atoms with van der Waals surface area (Å²) in [4.78, 5) is 23.9. The smallest absolute Gasteiger partial charge is 0.339 e. The van der Waals surface area contributed by atoms with E-state index in [1.807, 2.05) is 13.0 Å². The van der Waals surface area contributed by atoms with E-state index in [1.54, 1.807) is 19.1 Å². The second-order valence-corrected chi connectivity index (χ2v) is 6.01. The van der Waals surface area contributed by atoms with Gasteiger partial charge in [-0.2, -0.15) is 0 Å². The number of hydrogen-bond donors (Lipinski definition) is 3. The number of ether oxygens (including phenoxy) is 2. The molecular formula is C20H19NO6. The zero-order valence-electron chi connectivity index (χ0n) is 14.9. The highest BCUT2D eigenvalue weighted by Gasteiger charge is 2.32. The number of ketones is 1. The van der Waals surface area contributed by atoms with Gasteiger partial charge in [0.1, 0.15) is 17.1 Å². The number of Topliss-reactive ketones (excluding diaryl/α,β-unsaturated/α-hetero) is 1. The van der Waals surface area contributed by atoms with Crippen LogP contribution in [0.4, 0.5) is 5.69 Å². The molecule has 140 valence electrons. The van der Waals surface area contributed by atoms with E-state index in [1.165, 1.54) is 24.4 Å². The van der Waals surface area contributed by atoms with Crippen molar-refractivity contribution in [3.8, 4) is 11.5 Å². The third-order valence-electron chi connectivity index (χ3n) is 4.07. The molecule has 1 aliphatic rings. The molecule has 0 radical (unpaired) electrons. The number of fused-ring (bicyclic) bond motifs is 1. The lowest BCUT2D eigenvalue weighted by Crippen LogP contribution is -2.33. The quantitative estimate of drug-likeness (QED) is 0.694. The number of carbonyl (C=O) groups excluding carboxylic acids is 1. The molecule has 2 aromatic rings. The number of aromatic carboxylic acids is 1. The van der Waals surface area contributed by atoms with Crippen LogP contribution in [0.2, 0.25) is 0 Å². The molecule has 7 heteroatoms. The van der Waals surface area contributed by atoms with E-state index in [0.29, 0.717) is 23.6 Å². The van der Waals surface area contributed by atoms with Crippen LogP contribution < -0.4 is 10.1 Å². The van der Waals surface area contributed by atoms with Crippen molar-refractivity contribution in [1.82, 2.24) is 0 Å². The first-order chi connectivity index (χ1) is 12.9. The van der Waals surface area contributed by atoms with Gasteiger partial charge >= 0.3 is 5.97 Å². The number of carbonyl (C=O) groups is 2. The zero-order chi connectivity index (χ0) is 19.6. The molecule has 7 nitrogen and oxygen atoms in total. The molecule has 0 bridgehead atoms. The average molecular weight is 369 g/mol. The van der Waals surface area contributed by atoms with Crippen molar-refractivity contribution in [2.75, 3.05) is 11.9 Å². The van der Waals surface area contributed by atoms with Gasteiger partial charge in [-0.1, -0.05) is 11.6 Å². The van der Waals surface area contributed by atoms with Gasteiger partial charge in [0, 0.05) is 24.6 Å². The molecule has 0 saturated heterocycles. The Bertz CT molecular complexity index is 934. The first-order valence-electron chi connectivity index (χ1n) is 8.37. The number of aromatic hydroxyl groups is 1. The molecule has 3 rings (SSSR count). The van der Waals surface area contributed by atoms with E-state index in [-0.39, 0.29) is 22.7 Å². The van der Waals surface area contributed by atoms with E-state index in [0.717, 1.165) is 5.56 Å². The Labute approximate surface area is 155 Å². The monoisotopic (exact) mass is 369 g/mol. The van der Waals surface area contributed by atoms with Gasteiger partial charge in [0.25, 0.3) is 0 Å². The van der Waals surface area contributed by atoms with Crippen LogP contribution >= 0.6 is 0 Å². The van der Waals surface area contributed by atoms with Crippen molar-refractivity contribution in [2.45, 2.75) is 20.1 Å². The molecule has 27 heavy (non-hydrogen) atoms.